The van der Waals surface area contributed by atoms with Crippen molar-refractivity contribution < 1.29 is 39.5 Å². The van der Waals surface area contributed by atoms with E-state index in [4.69, 9.17) is 9.47 Å². The zero-order valence-corrected chi connectivity index (χ0v) is 27.5. The third-order valence-corrected chi connectivity index (χ3v) is 9.76. The van der Waals surface area contributed by atoms with Crippen LogP contribution < -0.4 is 10.6 Å². The lowest BCUT2D eigenvalue weighted by molar-refractivity contribution is -0.341. The number of hydrogen-bond donors (Lipinski definition) is 6. The summed E-state index contributed by atoms with van der Waals surface area (Å²) in [5.74, 6) is -2.08. The first-order valence-corrected chi connectivity index (χ1v) is 16.1. The monoisotopic (exact) mass is 639 g/mol. The van der Waals surface area contributed by atoms with Crippen LogP contribution in [0, 0.1) is 6.92 Å². The van der Waals surface area contributed by atoms with Crippen LogP contribution >= 0.6 is 0 Å². The van der Waals surface area contributed by atoms with Crippen molar-refractivity contribution in [2.24, 2.45) is 0 Å². The van der Waals surface area contributed by atoms with E-state index in [2.05, 4.69) is 10.6 Å². The SMILES string of the molecule is Cc1ccc([C@]23OC[C@](C4(O)CC4)(O2)[C@@H](O)[C@H](O)[C@H]3O)cc1Cc1ccc(CCCC(=O)NC(C)(C)C(=O)NCCN(C)C)cc1. The Hall–Kier alpha value is -2.90. The molecule has 11 nitrogen and oxygen atoms in total. The summed E-state index contributed by atoms with van der Waals surface area (Å²) in [6, 6.07) is 13.8. The lowest BCUT2D eigenvalue weighted by Gasteiger charge is -2.48. The minimum absolute atomic E-state index is 0.144. The van der Waals surface area contributed by atoms with Crippen molar-refractivity contribution in [3.05, 3.63) is 70.3 Å². The molecule has 1 saturated carbocycles. The topological polar surface area (TPSA) is 161 Å². The van der Waals surface area contributed by atoms with Gasteiger partial charge in [0, 0.05) is 25.1 Å². The van der Waals surface area contributed by atoms with E-state index in [1.165, 1.54) is 0 Å². The number of nitrogens with one attached hydrogen (secondary N) is 2. The van der Waals surface area contributed by atoms with Crippen LogP contribution in [-0.4, -0.2) is 106 Å². The highest BCUT2D eigenvalue weighted by molar-refractivity contribution is 5.90. The number of carbonyl (C=O) groups excluding carboxylic acids is 2. The highest BCUT2D eigenvalue weighted by Gasteiger charge is 2.76. The molecule has 2 saturated heterocycles. The molecular formula is C35H49N3O8. The van der Waals surface area contributed by atoms with Crippen LogP contribution in [0.15, 0.2) is 42.5 Å². The van der Waals surface area contributed by atoms with Crippen molar-refractivity contribution in [1.82, 2.24) is 15.5 Å². The molecule has 0 radical (unpaired) electrons. The number of aryl methyl sites for hydroxylation is 2. The second-order valence-corrected chi connectivity index (χ2v) is 14.1. The molecule has 5 atom stereocenters. The number of aliphatic hydroxyl groups is 4. The van der Waals surface area contributed by atoms with Crippen LogP contribution in [0.25, 0.3) is 0 Å². The fraction of sp³-hybridized carbons (Fsp3) is 0.600. The first-order chi connectivity index (χ1) is 21.6. The van der Waals surface area contributed by atoms with Crippen LogP contribution in [-0.2, 0) is 37.7 Å². The third-order valence-electron chi connectivity index (χ3n) is 9.76. The van der Waals surface area contributed by atoms with Gasteiger partial charge in [0.2, 0.25) is 17.6 Å². The maximum Gasteiger partial charge on any atom is 0.245 e. The molecule has 2 amide bonds. The number of benzene rings is 2. The van der Waals surface area contributed by atoms with E-state index in [1.54, 1.807) is 19.9 Å². The first kappa shape index (κ1) is 34.4. The predicted molar refractivity (Wildman–Crippen MR) is 171 cm³/mol. The number of amides is 2. The Kier molecular flexibility index (Phi) is 9.70. The molecule has 3 aliphatic rings. The summed E-state index contributed by atoms with van der Waals surface area (Å²) < 4.78 is 12.3. The lowest BCUT2D eigenvalue weighted by Crippen LogP contribution is -2.68. The van der Waals surface area contributed by atoms with Gasteiger partial charge >= 0.3 is 0 Å². The maximum atomic E-state index is 12.6. The molecule has 6 N–H and O–H groups in total. The molecule has 3 fully saturated rings. The van der Waals surface area contributed by atoms with E-state index >= 15 is 0 Å². The molecule has 1 aliphatic carbocycles. The van der Waals surface area contributed by atoms with E-state index in [-0.39, 0.29) is 18.4 Å². The summed E-state index contributed by atoms with van der Waals surface area (Å²) in [5.41, 5.74) is 0.872. The zero-order valence-electron chi connectivity index (χ0n) is 27.5. The Morgan fingerprint density at radius 2 is 1.70 bits per heavy atom. The van der Waals surface area contributed by atoms with Gasteiger partial charge in [0.25, 0.3) is 0 Å². The smallest absolute Gasteiger partial charge is 0.245 e. The lowest BCUT2D eigenvalue weighted by atomic mass is 9.79. The van der Waals surface area contributed by atoms with Crippen LogP contribution in [0.2, 0.25) is 0 Å². The zero-order chi connectivity index (χ0) is 33.5. The number of ether oxygens (including phenoxy) is 2. The van der Waals surface area contributed by atoms with Crippen LogP contribution in [0.1, 0.15) is 67.3 Å². The molecular weight excluding hydrogens is 590 g/mol. The number of fused-ring (bicyclic) bond motifs is 2. The quantitative estimate of drug-likeness (QED) is 0.188. The average molecular weight is 640 g/mol. The molecule has 2 aliphatic heterocycles. The van der Waals surface area contributed by atoms with Crippen LogP contribution in [0.5, 0.6) is 0 Å². The molecule has 252 valence electrons. The Balaban J connectivity index is 1.18. The van der Waals surface area contributed by atoms with Crippen LogP contribution in [0.4, 0.5) is 0 Å². The minimum Gasteiger partial charge on any atom is -0.387 e. The van der Waals surface area contributed by atoms with Crippen molar-refractivity contribution in [1.29, 1.82) is 0 Å². The summed E-state index contributed by atoms with van der Waals surface area (Å²) in [4.78, 5) is 27.0. The summed E-state index contributed by atoms with van der Waals surface area (Å²) in [5, 5.41) is 49.3. The standard InChI is InChI=1S/C35H49N3O8/c1-22-9-14-26(35-30(42)28(40)29(41)34(46-35,21-45-35)33(44)15-16-33)20-25(22)19-24-12-10-23(11-13-24)7-6-8-27(39)37-32(2,3)31(43)36-17-18-38(4)5/h9-14,20,28-30,40-42,44H,6-8,15-19,21H2,1-5H3,(H,36,43)(H,37,39)/t28-,29-,30+,34-,35-/m0/s1. The third kappa shape index (κ3) is 6.60. The van der Waals surface area contributed by atoms with E-state index < -0.39 is 40.8 Å². The fourth-order valence-corrected chi connectivity index (χ4v) is 6.53. The van der Waals surface area contributed by atoms with Gasteiger partial charge in [-0.25, -0.2) is 0 Å². The molecule has 0 aromatic heterocycles. The summed E-state index contributed by atoms with van der Waals surface area (Å²) in [6.07, 6.45) is -1.47. The number of hydrogen-bond acceptors (Lipinski definition) is 9. The first-order valence-electron chi connectivity index (χ1n) is 16.1. The number of carbonyl (C=O) groups is 2. The minimum atomic E-state index is -1.71. The second-order valence-electron chi connectivity index (χ2n) is 14.1. The van der Waals surface area contributed by atoms with E-state index in [0.29, 0.717) is 44.2 Å². The Morgan fingerprint density at radius 3 is 2.35 bits per heavy atom. The molecule has 5 rings (SSSR count). The Bertz CT molecular complexity index is 1430. The van der Waals surface area contributed by atoms with Gasteiger partial charge in [-0.15, -0.1) is 0 Å². The van der Waals surface area contributed by atoms with Crippen molar-refractivity contribution in [2.45, 2.75) is 100 Å². The molecule has 2 aromatic rings. The highest BCUT2D eigenvalue weighted by Crippen LogP contribution is 2.59. The number of nitrogens with zero attached hydrogens (tertiary/aromatic N) is 1. The van der Waals surface area contributed by atoms with E-state index in [9.17, 15) is 30.0 Å². The predicted octanol–water partition coefficient (Wildman–Crippen LogP) is 1.04. The molecule has 2 heterocycles. The average Bonchev–Trinajstić information content (AvgIpc) is 3.64. The van der Waals surface area contributed by atoms with Crippen molar-refractivity contribution in [3.63, 3.8) is 0 Å². The largest absolute Gasteiger partial charge is 0.387 e. The van der Waals surface area contributed by atoms with Gasteiger partial charge in [-0.1, -0.05) is 36.4 Å². The van der Waals surface area contributed by atoms with Gasteiger partial charge in [0.05, 0.1) is 12.2 Å². The number of likely N-dealkylation sites (N-methyl/N-ethyl adjacent to an activating group) is 1. The fourth-order valence-electron chi connectivity index (χ4n) is 6.53. The van der Waals surface area contributed by atoms with Gasteiger partial charge in [0.1, 0.15) is 23.9 Å². The maximum absolute atomic E-state index is 12.6. The van der Waals surface area contributed by atoms with Crippen LogP contribution in [0.3, 0.4) is 0 Å². The normalized spacial score (nSPS) is 28.3. The Morgan fingerprint density at radius 1 is 1.02 bits per heavy atom. The van der Waals surface area contributed by atoms with E-state index in [1.807, 2.05) is 62.3 Å². The van der Waals surface area contributed by atoms with E-state index in [0.717, 1.165) is 35.2 Å². The molecule has 2 bridgehead atoms. The number of aliphatic hydroxyl groups excluding tert-OH is 3. The molecule has 0 unspecified atom stereocenters. The van der Waals surface area contributed by atoms with Crippen molar-refractivity contribution in [3.8, 4) is 0 Å². The Labute approximate surface area is 270 Å². The highest BCUT2D eigenvalue weighted by atomic mass is 16.8. The van der Waals surface area contributed by atoms with Gasteiger partial charge < -0.3 is 45.4 Å². The van der Waals surface area contributed by atoms with Gasteiger partial charge in [0.15, 0.2) is 5.60 Å². The molecule has 11 heteroatoms. The summed E-state index contributed by atoms with van der Waals surface area (Å²) in [7, 11) is 3.87. The summed E-state index contributed by atoms with van der Waals surface area (Å²) in [6.45, 7) is 6.49. The molecule has 46 heavy (non-hydrogen) atoms. The second kappa shape index (κ2) is 13.0. The van der Waals surface area contributed by atoms with Gasteiger partial charge in [-0.05, 0) is 95.3 Å². The number of rotatable bonds is 13. The summed E-state index contributed by atoms with van der Waals surface area (Å²) >= 11 is 0. The van der Waals surface area contributed by atoms with Crippen molar-refractivity contribution in [2.75, 3.05) is 33.8 Å². The van der Waals surface area contributed by atoms with Gasteiger partial charge in [-0.2, -0.15) is 0 Å². The molecule has 0 spiro atoms. The molecule has 2 aromatic carbocycles. The van der Waals surface area contributed by atoms with Crippen molar-refractivity contribution >= 4 is 11.8 Å². The van der Waals surface area contributed by atoms with Gasteiger partial charge in [-0.3, -0.25) is 9.59 Å².